The van der Waals surface area contributed by atoms with E-state index in [1.807, 2.05) is 25.1 Å². The van der Waals surface area contributed by atoms with Crippen molar-refractivity contribution in [1.29, 1.82) is 0 Å². The monoisotopic (exact) mass is 271 g/mol. The van der Waals surface area contributed by atoms with E-state index in [0.717, 1.165) is 24.5 Å². The lowest BCUT2D eigenvalue weighted by Crippen LogP contribution is -2.05. The summed E-state index contributed by atoms with van der Waals surface area (Å²) in [4.78, 5) is 8.66. The molecule has 20 heavy (non-hydrogen) atoms. The van der Waals surface area contributed by atoms with E-state index in [9.17, 15) is 0 Å². The fourth-order valence-corrected chi connectivity index (χ4v) is 1.80. The highest BCUT2D eigenvalue weighted by Gasteiger charge is 2.06. The second-order valence-electron chi connectivity index (χ2n) is 4.68. The first-order chi connectivity index (χ1) is 9.79. The maximum Gasteiger partial charge on any atom is 0.144 e. The van der Waals surface area contributed by atoms with Gasteiger partial charge in [-0.2, -0.15) is 0 Å². The van der Waals surface area contributed by atoms with Crippen molar-refractivity contribution in [3.63, 3.8) is 0 Å². The van der Waals surface area contributed by atoms with Gasteiger partial charge < -0.3 is 10.1 Å². The van der Waals surface area contributed by atoms with E-state index in [2.05, 4.69) is 34.3 Å². The van der Waals surface area contributed by atoms with Crippen molar-refractivity contribution in [2.75, 3.05) is 11.9 Å². The summed E-state index contributed by atoms with van der Waals surface area (Å²) in [6, 6.07) is 10.2. The molecule has 2 aromatic rings. The number of nitrogens with zero attached hydrogens (tertiary/aromatic N) is 2. The molecule has 1 heterocycles. The maximum absolute atomic E-state index is 5.81. The number of rotatable bonds is 7. The van der Waals surface area contributed by atoms with E-state index >= 15 is 0 Å². The van der Waals surface area contributed by atoms with Gasteiger partial charge in [-0.3, -0.25) is 4.98 Å². The number of aromatic nitrogens is 2. The molecule has 0 spiro atoms. The zero-order valence-corrected chi connectivity index (χ0v) is 12.0. The maximum atomic E-state index is 5.81. The summed E-state index contributed by atoms with van der Waals surface area (Å²) >= 11 is 0. The van der Waals surface area contributed by atoms with E-state index in [4.69, 9.17) is 4.74 Å². The van der Waals surface area contributed by atoms with Crippen LogP contribution in [0.5, 0.6) is 0 Å². The molecule has 1 unspecified atom stereocenters. The van der Waals surface area contributed by atoms with Crippen LogP contribution in [0.25, 0.3) is 0 Å². The Bertz CT molecular complexity index is 499. The summed E-state index contributed by atoms with van der Waals surface area (Å²) in [7, 11) is 0. The first-order valence-electron chi connectivity index (χ1n) is 7.01. The highest BCUT2D eigenvalue weighted by molar-refractivity contribution is 5.30. The molecule has 0 bridgehead atoms. The summed E-state index contributed by atoms with van der Waals surface area (Å²) in [6.45, 7) is 5.54. The topological polar surface area (TPSA) is 47.0 Å². The number of ether oxygens (including phenoxy) is 1. The first-order valence-corrected chi connectivity index (χ1v) is 7.01. The molecule has 0 amide bonds. The fraction of sp³-hybridized carbons (Fsp3) is 0.375. The number of hydrogen-bond acceptors (Lipinski definition) is 4. The summed E-state index contributed by atoms with van der Waals surface area (Å²) < 4.78 is 5.81. The van der Waals surface area contributed by atoms with Crippen molar-refractivity contribution in [2.45, 2.75) is 33.0 Å². The predicted octanol–water partition coefficient (Wildman–Crippen LogP) is 3.58. The van der Waals surface area contributed by atoms with Gasteiger partial charge in [0.05, 0.1) is 30.8 Å². The zero-order chi connectivity index (χ0) is 14.2. The second-order valence-corrected chi connectivity index (χ2v) is 4.68. The molecule has 0 aliphatic heterocycles. The van der Waals surface area contributed by atoms with Crippen LogP contribution in [0.15, 0.2) is 42.7 Å². The lowest BCUT2D eigenvalue weighted by molar-refractivity contribution is 0.0504. The smallest absolute Gasteiger partial charge is 0.144 e. The average molecular weight is 271 g/mol. The van der Waals surface area contributed by atoms with Crippen LogP contribution in [0.2, 0.25) is 0 Å². The van der Waals surface area contributed by atoms with Crippen LogP contribution in [-0.2, 0) is 11.3 Å². The molecule has 4 nitrogen and oxygen atoms in total. The molecule has 0 saturated carbocycles. The molecule has 1 aromatic carbocycles. The Hall–Kier alpha value is -1.94. The van der Waals surface area contributed by atoms with E-state index in [1.54, 1.807) is 12.4 Å². The Morgan fingerprint density at radius 1 is 1.15 bits per heavy atom. The molecule has 0 radical (unpaired) electrons. The standard InChI is InChI=1S/C16H21N3O/c1-3-9-17-16-11-18-15(10-19-16)12-20-13(2)14-7-5-4-6-8-14/h4-8,10-11,13H,3,9,12H2,1-2H3,(H,17,19). The number of nitrogens with one attached hydrogen (secondary N) is 1. The lowest BCUT2D eigenvalue weighted by Gasteiger charge is -2.13. The minimum atomic E-state index is 0.0518. The Balaban J connectivity index is 1.84. The molecule has 4 heteroatoms. The molecule has 1 atom stereocenters. The van der Waals surface area contributed by atoms with Gasteiger partial charge in [0.15, 0.2) is 0 Å². The largest absolute Gasteiger partial charge is 0.369 e. The Kier molecular flexibility index (Phi) is 5.50. The number of benzene rings is 1. The molecule has 0 saturated heterocycles. The molecular formula is C16H21N3O. The van der Waals surface area contributed by atoms with E-state index in [0.29, 0.717) is 6.61 Å². The van der Waals surface area contributed by atoms with E-state index in [1.165, 1.54) is 5.56 Å². The van der Waals surface area contributed by atoms with Gasteiger partial charge in [0, 0.05) is 6.54 Å². The van der Waals surface area contributed by atoms with Gasteiger partial charge in [-0.15, -0.1) is 0 Å². The van der Waals surface area contributed by atoms with Crippen molar-refractivity contribution in [3.05, 3.63) is 54.0 Å². The van der Waals surface area contributed by atoms with Crippen molar-refractivity contribution < 1.29 is 4.74 Å². The Morgan fingerprint density at radius 2 is 1.95 bits per heavy atom. The quantitative estimate of drug-likeness (QED) is 0.836. The average Bonchev–Trinajstić information content (AvgIpc) is 2.52. The van der Waals surface area contributed by atoms with Crippen molar-refractivity contribution in [3.8, 4) is 0 Å². The van der Waals surface area contributed by atoms with Gasteiger partial charge in [-0.25, -0.2) is 4.98 Å². The second kappa shape index (κ2) is 7.60. The van der Waals surface area contributed by atoms with E-state index < -0.39 is 0 Å². The SMILES string of the molecule is CCCNc1cnc(COC(C)c2ccccc2)cn1. The number of anilines is 1. The predicted molar refractivity (Wildman–Crippen MR) is 80.5 cm³/mol. The van der Waals surface area contributed by atoms with Crippen LogP contribution < -0.4 is 5.32 Å². The molecule has 1 N–H and O–H groups in total. The van der Waals surface area contributed by atoms with Crippen LogP contribution in [0.3, 0.4) is 0 Å². The van der Waals surface area contributed by atoms with Crippen LogP contribution in [-0.4, -0.2) is 16.5 Å². The summed E-state index contributed by atoms with van der Waals surface area (Å²) in [5.41, 5.74) is 2.01. The summed E-state index contributed by atoms with van der Waals surface area (Å²) in [5.74, 6) is 0.812. The van der Waals surface area contributed by atoms with Gasteiger partial charge >= 0.3 is 0 Å². The van der Waals surface area contributed by atoms with Gasteiger partial charge in [-0.05, 0) is 18.9 Å². The first kappa shape index (κ1) is 14.5. The Labute approximate surface area is 120 Å². The van der Waals surface area contributed by atoms with Crippen molar-refractivity contribution in [1.82, 2.24) is 9.97 Å². The third kappa shape index (κ3) is 4.31. The molecule has 0 aliphatic carbocycles. The van der Waals surface area contributed by atoms with Gasteiger partial charge in [-0.1, -0.05) is 37.3 Å². The van der Waals surface area contributed by atoms with Crippen LogP contribution in [0.1, 0.15) is 37.6 Å². The highest BCUT2D eigenvalue weighted by atomic mass is 16.5. The highest BCUT2D eigenvalue weighted by Crippen LogP contribution is 2.17. The summed E-state index contributed by atoms with van der Waals surface area (Å²) in [6.07, 6.45) is 4.63. The van der Waals surface area contributed by atoms with Gasteiger partial charge in [0.2, 0.25) is 0 Å². The molecule has 0 fully saturated rings. The molecule has 1 aromatic heterocycles. The summed E-state index contributed by atoms with van der Waals surface area (Å²) in [5, 5.41) is 3.20. The Morgan fingerprint density at radius 3 is 2.60 bits per heavy atom. The van der Waals surface area contributed by atoms with Gasteiger partial charge in [0.25, 0.3) is 0 Å². The van der Waals surface area contributed by atoms with Crippen LogP contribution in [0.4, 0.5) is 5.82 Å². The molecule has 2 rings (SSSR count). The lowest BCUT2D eigenvalue weighted by atomic mass is 10.1. The molecule has 0 aliphatic rings. The normalized spacial score (nSPS) is 12.1. The minimum Gasteiger partial charge on any atom is -0.369 e. The third-order valence-corrected chi connectivity index (χ3v) is 3.01. The zero-order valence-electron chi connectivity index (χ0n) is 12.0. The molecule has 106 valence electrons. The minimum absolute atomic E-state index is 0.0518. The number of hydrogen-bond donors (Lipinski definition) is 1. The van der Waals surface area contributed by atoms with Crippen molar-refractivity contribution >= 4 is 5.82 Å². The van der Waals surface area contributed by atoms with Gasteiger partial charge in [0.1, 0.15) is 5.82 Å². The fourth-order valence-electron chi connectivity index (χ4n) is 1.80. The third-order valence-electron chi connectivity index (χ3n) is 3.01. The van der Waals surface area contributed by atoms with Crippen LogP contribution >= 0.6 is 0 Å². The van der Waals surface area contributed by atoms with Crippen LogP contribution in [0, 0.1) is 0 Å². The molecular weight excluding hydrogens is 250 g/mol. The van der Waals surface area contributed by atoms with E-state index in [-0.39, 0.29) is 6.10 Å². The van der Waals surface area contributed by atoms with Crippen molar-refractivity contribution in [2.24, 2.45) is 0 Å².